The number of thioether (sulfide) groups is 1. The van der Waals surface area contributed by atoms with E-state index in [0.717, 1.165) is 11.8 Å². The molecule has 12 heteroatoms. The predicted molar refractivity (Wildman–Crippen MR) is 106 cm³/mol. The van der Waals surface area contributed by atoms with Gasteiger partial charge in [0.1, 0.15) is 6.61 Å². The molecule has 0 saturated carbocycles. The van der Waals surface area contributed by atoms with Crippen molar-refractivity contribution >= 4 is 27.5 Å². The van der Waals surface area contributed by atoms with E-state index in [2.05, 4.69) is 10.2 Å². The zero-order chi connectivity index (χ0) is 21.0. The van der Waals surface area contributed by atoms with Gasteiger partial charge in [-0.25, -0.2) is 17.5 Å². The van der Waals surface area contributed by atoms with Crippen molar-refractivity contribution in [3.63, 3.8) is 0 Å². The second kappa shape index (κ2) is 8.99. The molecule has 1 aliphatic heterocycles. The lowest BCUT2D eigenvalue weighted by atomic mass is 10.2. The van der Waals surface area contributed by atoms with Crippen molar-refractivity contribution < 1.29 is 22.3 Å². The molecule has 2 N–H and O–H groups in total. The third-order valence-electron chi connectivity index (χ3n) is 4.56. The van der Waals surface area contributed by atoms with Crippen molar-refractivity contribution in [2.24, 2.45) is 0 Å². The maximum atomic E-state index is 13.6. The lowest BCUT2D eigenvalue weighted by Crippen LogP contribution is -2.42. The van der Waals surface area contributed by atoms with E-state index in [-0.39, 0.29) is 47.4 Å². The molecule has 0 radical (unpaired) electrons. The average Bonchev–Trinajstić information content (AvgIpc) is 3.22. The summed E-state index contributed by atoms with van der Waals surface area (Å²) in [6.07, 6.45) is 0.456. The highest BCUT2D eigenvalue weighted by Crippen LogP contribution is 2.21. The Bertz CT molecular complexity index is 982. The molecular weight excluding hydrogens is 421 g/mol. The summed E-state index contributed by atoms with van der Waals surface area (Å²) in [5.41, 5.74) is 0. The number of nitrogens with zero attached hydrogens (tertiary/aromatic N) is 4. The number of benzene rings is 1. The molecule has 2 heterocycles. The quantitative estimate of drug-likeness (QED) is 0.471. The zero-order valence-electron chi connectivity index (χ0n) is 15.8. The minimum atomic E-state index is -3.07. The Morgan fingerprint density at radius 3 is 2.83 bits per heavy atom. The topological polar surface area (TPSA) is 120 Å². The number of carbonyl (C=O) groups is 1. The molecule has 29 heavy (non-hydrogen) atoms. The molecule has 0 spiro atoms. The van der Waals surface area contributed by atoms with Gasteiger partial charge in [-0.05, 0) is 25.5 Å². The number of carbonyl (C=O) groups excluding carboxylic acids is 1. The number of rotatable bonds is 8. The summed E-state index contributed by atoms with van der Waals surface area (Å²) < 4.78 is 43.5. The summed E-state index contributed by atoms with van der Waals surface area (Å²) in [5.74, 6) is 5.78. The van der Waals surface area contributed by atoms with Crippen molar-refractivity contribution in [3.8, 4) is 5.75 Å². The summed E-state index contributed by atoms with van der Waals surface area (Å²) in [4.78, 5) is 14.1. The Labute approximate surface area is 172 Å². The van der Waals surface area contributed by atoms with Gasteiger partial charge < -0.3 is 15.5 Å². The molecule has 1 aliphatic rings. The second-order valence-electron chi connectivity index (χ2n) is 6.51. The number of hydrogen-bond acceptors (Lipinski definition) is 8. The lowest BCUT2D eigenvalue weighted by molar-refractivity contribution is -0.129. The highest BCUT2D eigenvalue weighted by atomic mass is 32.2. The van der Waals surface area contributed by atoms with Crippen LogP contribution in [0.4, 0.5) is 4.39 Å². The zero-order valence-corrected chi connectivity index (χ0v) is 17.5. The van der Waals surface area contributed by atoms with Gasteiger partial charge in [-0.3, -0.25) is 4.79 Å². The maximum Gasteiger partial charge on any atom is 0.233 e. The molecule has 1 atom stereocenters. The first-order valence-electron chi connectivity index (χ1n) is 9.00. The molecule has 1 saturated heterocycles. The summed E-state index contributed by atoms with van der Waals surface area (Å²) in [5, 5.41) is 8.16. The van der Waals surface area contributed by atoms with E-state index in [1.807, 2.05) is 6.92 Å². The van der Waals surface area contributed by atoms with Crippen LogP contribution >= 0.6 is 11.8 Å². The van der Waals surface area contributed by atoms with E-state index < -0.39 is 15.7 Å². The summed E-state index contributed by atoms with van der Waals surface area (Å²) in [7, 11) is -3.07. The van der Waals surface area contributed by atoms with Gasteiger partial charge in [0.15, 0.2) is 27.2 Å². The summed E-state index contributed by atoms with van der Waals surface area (Å²) in [6, 6.07) is 5.68. The fourth-order valence-corrected chi connectivity index (χ4v) is 5.57. The van der Waals surface area contributed by atoms with Gasteiger partial charge >= 0.3 is 0 Å². The Kier molecular flexibility index (Phi) is 6.63. The van der Waals surface area contributed by atoms with Crippen LogP contribution in [0.2, 0.25) is 0 Å². The number of halogens is 1. The van der Waals surface area contributed by atoms with Crippen LogP contribution in [0.5, 0.6) is 5.75 Å². The van der Waals surface area contributed by atoms with Crippen LogP contribution in [0, 0.1) is 5.82 Å². The normalized spacial score (nSPS) is 17.9. The fraction of sp³-hybridized carbons (Fsp3) is 0.471. The Balaban J connectivity index is 1.57. The molecule has 158 valence electrons. The number of ether oxygens (including phenoxy) is 1. The number of sulfone groups is 1. The number of aromatic nitrogens is 3. The van der Waals surface area contributed by atoms with Crippen LogP contribution in [-0.4, -0.2) is 63.9 Å². The Hall–Kier alpha value is -2.34. The molecule has 1 fully saturated rings. The van der Waals surface area contributed by atoms with Crippen LogP contribution < -0.4 is 10.6 Å². The van der Waals surface area contributed by atoms with Gasteiger partial charge in [0.2, 0.25) is 11.1 Å². The third-order valence-corrected chi connectivity index (χ3v) is 7.24. The smallest absolute Gasteiger partial charge is 0.233 e. The molecular formula is C17H22FN5O4S2. The largest absolute Gasteiger partial charge is 0.482 e. The summed E-state index contributed by atoms with van der Waals surface area (Å²) >= 11 is 1.10. The van der Waals surface area contributed by atoms with Crippen molar-refractivity contribution in [2.45, 2.75) is 31.1 Å². The molecule has 0 unspecified atom stereocenters. The van der Waals surface area contributed by atoms with Crippen molar-refractivity contribution in [1.29, 1.82) is 0 Å². The SMILES string of the molecule is CCN(C(=O)CSc1nnc(COc2ccccc2F)n1N)[C@@H]1CCS(=O)(=O)C1. The second-order valence-corrected chi connectivity index (χ2v) is 9.68. The van der Waals surface area contributed by atoms with E-state index >= 15 is 0 Å². The Morgan fingerprint density at radius 1 is 1.41 bits per heavy atom. The van der Waals surface area contributed by atoms with Crippen molar-refractivity contribution in [3.05, 3.63) is 35.9 Å². The first kappa shape index (κ1) is 21.4. The molecule has 2 aromatic rings. The molecule has 3 rings (SSSR count). The standard InChI is InChI=1S/C17H22FN5O4S2/c1-2-22(12-7-8-29(25,26)11-12)16(24)10-28-17-21-20-15(23(17)19)9-27-14-6-4-3-5-13(14)18/h3-6,12H,2,7-11,19H2,1H3/t12-/m1/s1. The number of para-hydroxylation sites is 1. The van der Waals surface area contributed by atoms with Crippen LogP contribution in [0.3, 0.4) is 0 Å². The van der Waals surface area contributed by atoms with E-state index in [1.54, 1.807) is 17.0 Å². The monoisotopic (exact) mass is 443 g/mol. The number of hydrogen-bond donors (Lipinski definition) is 1. The van der Waals surface area contributed by atoms with Gasteiger partial charge in [0, 0.05) is 12.6 Å². The molecule has 1 amide bonds. The van der Waals surface area contributed by atoms with Crippen LogP contribution in [0.15, 0.2) is 29.4 Å². The molecule has 1 aromatic carbocycles. The van der Waals surface area contributed by atoms with Gasteiger partial charge in [-0.2, -0.15) is 0 Å². The minimum absolute atomic E-state index is 0.00184. The first-order chi connectivity index (χ1) is 13.8. The van der Waals surface area contributed by atoms with Crippen LogP contribution in [-0.2, 0) is 21.2 Å². The van der Waals surface area contributed by atoms with Gasteiger partial charge in [-0.1, -0.05) is 23.9 Å². The number of nitrogens with two attached hydrogens (primary N) is 1. The van der Waals surface area contributed by atoms with E-state index in [9.17, 15) is 17.6 Å². The third kappa shape index (κ3) is 5.18. The molecule has 1 aromatic heterocycles. The van der Waals surface area contributed by atoms with E-state index in [4.69, 9.17) is 10.6 Å². The molecule has 0 aliphatic carbocycles. The predicted octanol–water partition coefficient (Wildman–Crippen LogP) is 0.838. The van der Waals surface area contributed by atoms with Crippen LogP contribution in [0.25, 0.3) is 0 Å². The number of nitrogen functional groups attached to an aromatic ring is 1. The summed E-state index contributed by atoms with van der Waals surface area (Å²) in [6.45, 7) is 2.16. The molecule has 9 nitrogen and oxygen atoms in total. The Morgan fingerprint density at radius 2 is 2.17 bits per heavy atom. The van der Waals surface area contributed by atoms with E-state index in [1.165, 1.54) is 16.8 Å². The molecule has 0 bridgehead atoms. The van der Waals surface area contributed by atoms with Crippen molar-refractivity contribution in [1.82, 2.24) is 19.8 Å². The average molecular weight is 444 g/mol. The van der Waals surface area contributed by atoms with Crippen LogP contribution in [0.1, 0.15) is 19.2 Å². The maximum absolute atomic E-state index is 13.6. The highest BCUT2D eigenvalue weighted by molar-refractivity contribution is 7.99. The van der Waals surface area contributed by atoms with Gasteiger partial charge in [-0.15, -0.1) is 10.2 Å². The fourth-order valence-electron chi connectivity index (χ4n) is 3.08. The highest BCUT2D eigenvalue weighted by Gasteiger charge is 2.33. The minimum Gasteiger partial charge on any atom is -0.482 e. The van der Waals surface area contributed by atoms with Crippen molar-refractivity contribution in [2.75, 3.05) is 29.6 Å². The first-order valence-corrected chi connectivity index (χ1v) is 11.8. The van der Waals surface area contributed by atoms with E-state index in [0.29, 0.717) is 18.1 Å². The van der Waals surface area contributed by atoms with Gasteiger partial charge in [0.25, 0.3) is 0 Å². The lowest BCUT2D eigenvalue weighted by Gasteiger charge is -2.26. The van der Waals surface area contributed by atoms with Gasteiger partial charge in [0.05, 0.1) is 17.3 Å². The number of amides is 1.